The Bertz CT molecular complexity index is 1050. The van der Waals surface area contributed by atoms with Gasteiger partial charge in [-0.05, 0) is 65.2 Å². The van der Waals surface area contributed by atoms with Gasteiger partial charge in [0.05, 0.1) is 20.3 Å². The Morgan fingerprint density at radius 2 is 1.71 bits per heavy atom. The molecule has 0 bridgehead atoms. The van der Waals surface area contributed by atoms with E-state index in [2.05, 4.69) is 32.2 Å². The van der Waals surface area contributed by atoms with E-state index in [-0.39, 0.29) is 11.9 Å². The van der Waals surface area contributed by atoms with Crippen molar-refractivity contribution in [2.24, 2.45) is 0 Å². The van der Waals surface area contributed by atoms with Gasteiger partial charge in [0.1, 0.15) is 5.82 Å². The van der Waals surface area contributed by atoms with E-state index in [4.69, 9.17) is 9.47 Å². The van der Waals surface area contributed by atoms with Crippen LogP contribution in [-0.4, -0.2) is 65.5 Å². The average Bonchev–Trinajstić information content (AvgIpc) is 3.34. The molecule has 1 aliphatic heterocycles. The summed E-state index contributed by atoms with van der Waals surface area (Å²) in [6.07, 6.45) is 2.83. The van der Waals surface area contributed by atoms with Crippen molar-refractivity contribution in [2.75, 3.05) is 45.3 Å². The van der Waals surface area contributed by atoms with Crippen LogP contribution in [0.3, 0.4) is 0 Å². The number of rotatable bonds is 10. The van der Waals surface area contributed by atoms with Gasteiger partial charge < -0.3 is 14.4 Å². The summed E-state index contributed by atoms with van der Waals surface area (Å²) in [6, 6.07) is 12.9. The molecule has 1 aliphatic rings. The summed E-state index contributed by atoms with van der Waals surface area (Å²) in [7, 11) is 3.28. The minimum atomic E-state index is -0.203. The smallest absolute Gasteiger partial charge is 0.168 e. The summed E-state index contributed by atoms with van der Waals surface area (Å²) in [4.78, 5) is 4.78. The molecule has 0 N–H and O–H groups in total. The Hall–Kier alpha value is -3.20. The number of tetrazole rings is 1. The normalized spacial score (nSPS) is 15.4. The third kappa shape index (κ3) is 5.47. The molecule has 0 saturated carbocycles. The summed E-state index contributed by atoms with van der Waals surface area (Å²) in [5, 5.41) is 12.7. The number of hydrogen-bond donors (Lipinski definition) is 0. The molecule has 1 saturated heterocycles. The Labute approximate surface area is 200 Å². The van der Waals surface area contributed by atoms with Crippen LogP contribution in [0.25, 0.3) is 0 Å². The van der Waals surface area contributed by atoms with E-state index in [0.29, 0.717) is 6.54 Å². The van der Waals surface area contributed by atoms with Crippen LogP contribution < -0.4 is 14.4 Å². The zero-order chi connectivity index (χ0) is 23.9. The summed E-state index contributed by atoms with van der Waals surface area (Å²) < 4.78 is 26.0. The fourth-order valence-electron chi connectivity index (χ4n) is 4.57. The van der Waals surface area contributed by atoms with Crippen LogP contribution in [0.5, 0.6) is 11.5 Å². The number of halogens is 1. The first kappa shape index (κ1) is 23.9. The summed E-state index contributed by atoms with van der Waals surface area (Å²) >= 11 is 0. The number of piperazine rings is 1. The monoisotopic (exact) mass is 468 g/mol. The first-order chi connectivity index (χ1) is 16.6. The average molecular weight is 469 g/mol. The van der Waals surface area contributed by atoms with E-state index in [1.807, 2.05) is 35.0 Å². The Morgan fingerprint density at radius 1 is 0.971 bits per heavy atom. The third-order valence-electron chi connectivity index (χ3n) is 6.43. The van der Waals surface area contributed by atoms with E-state index in [1.54, 1.807) is 14.2 Å². The highest BCUT2D eigenvalue weighted by atomic mass is 19.1. The molecule has 0 radical (unpaired) electrons. The number of nitrogens with zero attached hydrogens (tertiary/aromatic N) is 6. The van der Waals surface area contributed by atoms with Gasteiger partial charge in [0.2, 0.25) is 0 Å². The first-order valence-corrected chi connectivity index (χ1v) is 11.8. The molecule has 2 heterocycles. The number of aromatic nitrogens is 4. The molecule has 1 fully saturated rings. The Balaban J connectivity index is 1.42. The van der Waals surface area contributed by atoms with Crippen molar-refractivity contribution < 1.29 is 13.9 Å². The lowest BCUT2D eigenvalue weighted by molar-refractivity contribution is 0.164. The van der Waals surface area contributed by atoms with Gasteiger partial charge in [0, 0.05) is 38.4 Å². The van der Waals surface area contributed by atoms with Crippen LogP contribution in [0.2, 0.25) is 0 Å². The summed E-state index contributed by atoms with van der Waals surface area (Å²) in [5.74, 6) is 2.15. The second-order valence-corrected chi connectivity index (χ2v) is 8.50. The highest BCUT2D eigenvalue weighted by molar-refractivity contribution is 5.46. The Morgan fingerprint density at radius 3 is 2.38 bits per heavy atom. The van der Waals surface area contributed by atoms with Crippen molar-refractivity contribution in [1.29, 1.82) is 0 Å². The fourth-order valence-corrected chi connectivity index (χ4v) is 4.57. The SMILES string of the molecule is CCC[C@@H](c1nnnn1CCc1ccc(OC)c(OC)c1)N1CCN(c2ccc(F)cc2)CC1. The Kier molecular flexibility index (Phi) is 7.95. The highest BCUT2D eigenvalue weighted by Crippen LogP contribution is 2.29. The molecule has 3 aromatic rings. The van der Waals surface area contributed by atoms with Crippen molar-refractivity contribution >= 4 is 5.69 Å². The number of anilines is 1. The van der Waals surface area contributed by atoms with Crippen molar-refractivity contribution in [2.45, 2.75) is 38.8 Å². The number of ether oxygens (including phenoxy) is 2. The standard InChI is InChI=1S/C25H33FN6O2/c1-4-5-22(31-16-14-30(15-17-31)21-9-7-20(26)8-10-21)25-27-28-29-32(25)13-12-19-6-11-23(33-2)24(18-19)34-3/h6-11,18,22H,4-5,12-17H2,1-3H3/t22-/m0/s1. The number of methoxy groups -OCH3 is 2. The minimum absolute atomic E-state index is 0.167. The van der Waals surface area contributed by atoms with E-state index < -0.39 is 0 Å². The van der Waals surface area contributed by atoms with Crippen molar-refractivity contribution in [3.63, 3.8) is 0 Å². The van der Waals surface area contributed by atoms with Gasteiger partial charge in [-0.25, -0.2) is 9.07 Å². The minimum Gasteiger partial charge on any atom is -0.493 e. The molecular formula is C25H33FN6O2. The second-order valence-electron chi connectivity index (χ2n) is 8.50. The van der Waals surface area contributed by atoms with Gasteiger partial charge in [0.15, 0.2) is 17.3 Å². The largest absolute Gasteiger partial charge is 0.493 e. The van der Waals surface area contributed by atoms with Gasteiger partial charge in [-0.15, -0.1) is 5.10 Å². The maximum absolute atomic E-state index is 13.3. The third-order valence-corrected chi connectivity index (χ3v) is 6.43. The molecule has 0 amide bonds. The number of aryl methyl sites for hydroxylation is 2. The quantitative estimate of drug-likeness (QED) is 0.449. The second kappa shape index (κ2) is 11.3. The zero-order valence-corrected chi connectivity index (χ0v) is 20.2. The summed E-state index contributed by atoms with van der Waals surface area (Å²) in [6.45, 7) is 6.47. The van der Waals surface area contributed by atoms with Crippen LogP contribution in [-0.2, 0) is 13.0 Å². The predicted octanol–water partition coefficient (Wildman–Crippen LogP) is 3.74. The van der Waals surface area contributed by atoms with Gasteiger partial charge in [-0.2, -0.15) is 0 Å². The zero-order valence-electron chi connectivity index (χ0n) is 20.2. The van der Waals surface area contributed by atoms with Crippen LogP contribution in [0.15, 0.2) is 42.5 Å². The lowest BCUT2D eigenvalue weighted by atomic mass is 10.1. The topological polar surface area (TPSA) is 68.5 Å². The van der Waals surface area contributed by atoms with Crippen LogP contribution in [0.1, 0.15) is 37.2 Å². The van der Waals surface area contributed by atoms with Crippen LogP contribution in [0.4, 0.5) is 10.1 Å². The first-order valence-electron chi connectivity index (χ1n) is 11.8. The van der Waals surface area contributed by atoms with Gasteiger partial charge in [-0.1, -0.05) is 19.4 Å². The molecule has 9 heteroatoms. The predicted molar refractivity (Wildman–Crippen MR) is 129 cm³/mol. The highest BCUT2D eigenvalue weighted by Gasteiger charge is 2.28. The molecule has 0 unspecified atom stereocenters. The van der Waals surface area contributed by atoms with E-state index in [1.165, 1.54) is 12.1 Å². The van der Waals surface area contributed by atoms with Crippen LogP contribution >= 0.6 is 0 Å². The molecule has 1 atom stereocenters. The molecule has 8 nitrogen and oxygen atoms in total. The lowest BCUT2D eigenvalue weighted by Crippen LogP contribution is -2.48. The van der Waals surface area contributed by atoms with Crippen LogP contribution in [0, 0.1) is 5.82 Å². The van der Waals surface area contributed by atoms with Gasteiger partial charge in [0.25, 0.3) is 0 Å². The van der Waals surface area contributed by atoms with Crippen molar-refractivity contribution in [3.8, 4) is 11.5 Å². The molecule has 2 aromatic carbocycles. The molecule has 182 valence electrons. The lowest BCUT2D eigenvalue weighted by Gasteiger charge is -2.39. The molecule has 1 aromatic heterocycles. The van der Waals surface area contributed by atoms with E-state index >= 15 is 0 Å². The van der Waals surface area contributed by atoms with E-state index in [9.17, 15) is 4.39 Å². The molecule has 0 spiro atoms. The van der Waals surface area contributed by atoms with E-state index in [0.717, 1.165) is 74.0 Å². The number of hydrogen-bond acceptors (Lipinski definition) is 7. The maximum Gasteiger partial charge on any atom is 0.168 e. The van der Waals surface area contributed by atoms with Crippen molar-refractivity contribution in [1.82, 2.24) is 25.1 Å². The maximum atomic E-state index is 13.3. The summed E-state index contributed by atoms with van der Waals surface area (Å²) in [5.41, 5.74) is 2.20. The van der Waals surface area contributed by atoms with Crippen molar-refractivity contribution in [3.05, 3.63) is 59.7 Å². The molecule has 0 aliphatic carbocycles. The molecule has 4 rings (SSSR count). The number of benzene rings is 2. The van der Waals surface area contributed by atoms with Gasteiger partial charge >= 0.3 is 0 Å². The molecular weight excluding hydrogens is 435 g/mol. The molecule has 34 heavy (non-hydrogen) atoms. The van der Waals surface area contributed by atoms with Gasteiger partial charge in [-0.3, -0.25) is 4.90 Å². The fraction of sp³-hybridized carbons (Fsp3) is 0.480.